The van der Waals surface area contributed by atoms with Crippen molar-refractivity contribution in [1.82, 2.24) is 5.32 Å². The lowest BCUT2D eigenvalue weighted by Crippen LogP contribution is -2.36. The third kappa shape index (κ3) is 5.82. The van der Waals surface area contributed by atoms with Crippen LogP contribution in [-0.4, -0.2) is 18.0 Å². The molecule has 2 atom stereocenters. The van der Waals surface area contributed by atoms with Crippen molar-refractivity contribution in [3.05, 3.63) is 35.9 Å². The summed E-state index contributed by atoms with van der Waals surface area (Å²) in [6.45, 7) is 4.04. The highest BCUT2D eigenvalue weighted by Gasteiger charge is 2.10. The predicted molar refractivity (Wildman–Crippen MR) is 75.3 cm³/mol. The van der Waals surface area contributed by atoms with Gasteiger partial charge in [0.1, 0.15) is 0 Å². The molecule has 0 spiro atoms. The molecule has 0 aliphatic carbocycles. The SMILES string of the molecule is CCC(N)CC(=O)NC(C)CCc1ccccc1. The lowest BCUT2D eigenvalue weighted by molar-refractivity contribution is -0.122. The fourth-order valence-electron chi connectivity index (χ4n) is 1.82. The zero-order chi connectivity index (χ0) is 13.4. The zero-order valence-corrected chi connectivity index (χ0v) is 11.4. The van der Waals surface area contributed by atoms with Crippen molar-refractivity contribution in [2.75, 3.05) is 0 Å². The van der Waals surface area contributed by atoms with E-state index >= 15 is 0 Å². The molecule has 0 radical (unpaired) electrons. The van der Waals surface area contributed by atoms with Crippen LogP contribution in [0.15, 0.2) is 30.3 Å². The molecule has 100 valence electrons. The summed E-state index contributed by atoms with van der Waals surface area (Å²) >= 11 is 0. The second kappa shape index (κ2) is 7.88. The molecule has 3 heteroatoms. The third-order valence-electron chi connectivity index (χ3n) is 3.09. The molecule has 1 amide bonds. The highest BCUT2D eigenvalue weighted by Crippen LogP contribution is 2.05. The van der Waals surface area contributed by atoms with Crippen LogP contribution in [0.25, 0.3) is 0 Å². The average Bonchev–Trinajstić information content (AvgIpc) is 2.37. The van der Waals surface area contributed by atoms with Crippen molar-refractivity contribution in [3.8, 4) is 0 Å². The average molecular weight is 248 g/mol. The number of hydrogen-bond donors (Lipinski definition) is 2. The normalized spacial score (nSPS) is 13.9. The Morgan fingerprint density at radius 1 is 1.33 bits per heavy atom. The van der Waals surface area contributed by atoms with Gasteiger partial charge in [-0.3, -0.25) is 4.79 Å². The Bertz CT molecular complexity index is 351. The standard InChI is InChI=1S/C15H24N2O/c1-3-14(16)11-15(18)17-12(2)9-10-13-7-5-4-6-8-13/h4-8,12,14H,3,9-11,16H2,1-2H3,(H,17,18). The van der Waals surface area contributed by atoms with Gasteiger partial charge in [0, 0.05) is 18.5 Å². The molecule has 3 nitrogen and oxygen atoms in total. The van der Waals surface area contributed by atoms with Crippen LogP contribution in [0, 0.1) is 0 Å². The van der Waals surface area contributed by atoms with Crippen molar-refractivity contribution >= 4 is 5.91 Å². The van der Waals surface area contributed by atoms with Gasteiger partial charge < -0.3 is 11.1 Å². The minimum atomic E-state index is -0.0219. The fourth-order valence-corrected chi connectivity index (χ4v) is 1.82. The molecule has 0 aromatic heterocycles. The van der Waals surface area contributed by atoms with Crippen LogP contribution in [0.2, 0.25) is 0 Å². The topological polar surface area (TPSA) is 55.1 Å². The van der Waals surface area contributed by atoms with E-state index in [1.54, 1.807) is 0 Å². The third-order valence-corrected chi connectivity index (χ3v) is 3.09. The molecule has 0 heterocycles. The predicted octanol–water partition coefficient (Wildman–Crippen LogP) is 2.25. The summed E-state index contributed by atoms with van der Waals surface area (Å²) in [5.41, 5.74) is 7.06. The van der Waals surface area contributed by atoms with Crippen LogP contribution in [-0.2, 0) is 11.2 Å². The Morgan fingerprint density at radius 3 is 2.61 bits per heavy atom. The summed E-state index contributed by atoms with van der Waals surface area (Å²) in [4.78, 5) is 11.6. The number of amides is 1. The fraction of sp³-hybridized carbons (Fsp3) is 0.533. The minimum absolute atomic E-state index is 0.0219. The first-order valence-electron chi connectivity index (χ1n) is 6.70. The molecular weight excluding hydrogens is 224 g/mol. The second-order valence-corrected chi connectivity index (χ2v) is 4.87. The van der Waals surface area contributed by atoms with Gasteiger partial charge in [-0.05, 0) is 31.7 Å². The Morgan fingerprint density at radius 2 is 2.00 bits per heavy atom. The smallest absolute Gasteiger partial charge is 0.221 e. The van der Waals surface area contributed by atoms with Gasteiger partial charge in [0.15, 0.2) is 0 Å². The van der Waals surface area contributed by atoms with Crippen molar-refractivity contribution < 1.29 is 4.79 Å². The molecule has 0 fully saturated rings. The first-order chi connectivity index (χ1) is 8.61. The van der Waals surface area contributed by atoms with E-state index in [4.69, 9.17) is 5.73 Å². The molecule has 0 aliphatic rings. The molecule has 0 saturated carbocycles. The van der Waals surface area contributed by atoms with E-state index in [2.05, 4.69) is 17.4 Å². The molecule has 1 aromatic carbocycles. The van der Waals surface area contributed by atoms with Gasteiger partial charge in [-0.15, -0.1) is 0 Å². The monoisotopic (exact) mass is 248 g/mol. The van der Waals surface area contributed by atoms with Gasteiger partial charge >= 0.3 is 0 Å². The molecule has 1 rings (SSSR count). The maximum absolute atomic E-state index is 11.6. The maximum atomic E-state index is 11.6. The van der Waals surface area contributed by atoms with Gasteiger partial charge in [-0.1, -0.05) is 37.3 Å². The molecule has 0 saturated heterocycles. The lowest BCUT2D eigenvalue weighted by atomic mass is 10.1. The van der Waals surface area contributed by atoms with Gasteiger partial charge in [0.25, 0.3) is 0 Å². The largest absolute Gasteiger partial charge is 0.354 e. The molecular formula is C15H24N2O. The van der Waals surface area contributed by atoms with Gasteiger partial charge in [-0.25, -0.2) is 0 Å². The molecule has 0 bridgehead atoms. The Balaban J connectivity index is 2.25. The molecule has 1 aromatic rings. The number of carbonyl (C=O) groups excluding carboxylic acids is 1. The lowest BCUT2D eigenvalue weighted by Gasteiger charge is -2.15. The van der Waals surface area contributed by atoms with E-state index in [-0.39, 0.29) is 18.0 Å². The van der Waals surface area contributed by atoms with Gasteiger partial charge in [-0.2, -0.15) is 0 Å². The van der Waals surface area contributed by atoms with Crippen LogP contribution in [0.4, 0.5) is 0 Å². The van der Waals surface area contributed by atoms with Crippen molar-refractivity contribution in [2.45, 2.75) is 51.6 Å². The summed E-state index contributed by atoms with van der Waals surface area (Å²) in [7, 11) is 0. The molecule has 2 unspecified atom stereocenters. The number of nitrogens with one attached hydrogen (secondary N) is 1. The van der Waals surface area contributed by atoms with Crippen molar-refractivity contribution in [2.24, 2.45) is 5.73 Å². The Labute approximate surface area is 110 Å². The number of rotatable bonds is 7. The summed E-state index contributed by atoms with van der Waals surface area (Å²) < 4.78 is 0. The highest BCUT2D eigenvalue weighted by atomic mass is 16.1. The maximum Gasteiger partial charge on any atom is 0.221 e. The van der Waals surface area contributed by atoms with E-state index in [0.29, 0.717) is 6.42 Å². The molecule has 0 aliphatic heterocycles. The van der Waals surface area contributed by atoms with E-state index < -0.39 is 0 Å². The molecule has 3 N–H and O–H groups in total. The minimum Gasteiger partial charge on any atom is -0.354 e. The van der Waals surface area contributed by atoms with Gasteiger partial charge in [0.2, 0.25) is 5.91 Å². The second-order valence-electron chi connectivity index (χ2n) is 4.87. The van der Waals surface area contributed by atoms with E-state index in [1.807, 2.05) is 32.0 Å². The highest BCUT2D eigenvalue weighted by molar-refractivity contribution is 5.76. The van der Waals surface area contributed by atoms with E-state index in [0.717, 1.165) is 19.3 Å². The summed E-state index contributed by atoms with van der Waals surface area (Å²) in [6.07, 6.45) is 3.21. The number of benzene rings is 1. The first-order valence-corrected chi connectivity index (χ1v) is 6.70. The number of hydrogen-bond acceptors (Lipinski definition) is 2. The van der Waals surface area contributed by atoms with Crippen molar-refractivity contribution in [1.29, 1.82) is 0 Å². The summed E-state index contributed by atoms with van der Waals surface area (Å²) in [6, 6.07) is 10.5. The van der Waals surface area contributed by atoms with E-state index in [9.17, 15) is 4.79 Å². The van der Waals surface area contributed by atoms with E-state index in [1.165, 1.54) is 5.56 Å². The Hall–Kier alpha value is -1.35. The number of nitrogens with two attached hydrogens (primary N) is 1. The van der Waals surface area contributed by atoms with Crippen LogP contribution in [0.5, 0.6) is 0 Å². The molecule has 18 heavy (non-hydrogen) atoms. The van der Waals surface area contributed by atoms with Gasteiger partial charge in [0.05, 0.1) is 0 Å². The van der Waals surface area contributed by atoms with Crippen LogP contribution < -0.4 is 11.1 Å². The summed E-state index contributed by atoms with van der Waals surface area (Å²) in [5.74, 6) is 0.0601. The zero-order valence-electron chi connectivity index (χ0n) is 11.4. The van der Waals surface area contributed by atoms with Crippen molar-refractivity contribution in [3.63, 3.8) is 0 Å². The van der Waals surface area contributed by atoms with Crippen LogP contribution >= 0.6 is 0 Å². The Kier molecular flexibility index (Phi) is 6.44. The quantitative estimate of drug-likeness (QED) is 0.777. The number of carbonyl (C=O) groups is 1. The first kappa shape index (κ1) is 14.7. The summed E-state index contributed by atoms with van der Waals surface area (Å²) in [5, 5.41) is 3.00. The number of aryl methyl sites for hydroxylation is 1. The van der Waals surface area contributed by atoms with Crippen LogP contribution in [0.1, 0.15) is 38.7 Å². The van der Waals surface area contributed by atoms with Crippen LogP contribution in [0.3, 0.4) is 0 Å².